The van der Waals surface area contributed by atoms with E-state index in [1.165, 1.54) is 7.11 Å². The van der Waals surface area contributed by atoms with E-state index in [0.29, 0.717) is 0 Å². The maximum Gasteiger partial charge on any atom is 0.323 e. The van der Waals surface area contributed by atoms with E-state index in [9.17, 15) is 19.5 Å². The maximum atomic E-state index is 14.7. The fourth-order valence-corrected chi connectivity index (χ4v) is 10.0. The summed E-state index contributed by atoms with van der Waals surface area (Å²) in [4.78, 5) is 43.3. The molecule has 2 aliphatic carbocycles. The minimum Gasteiger partial charge on any atom is -0.469 e. The molecule has 0 radical (unpaired) electrons. The Balaban J connectivity index is 1.17. The number of carbonyl (C=O) groups excluding carboxylic acids is 3. The number of aliphatic hydroxyl groups is 1. The lowest BCUT2D eigenvalue weighted by Crippen LogP contribution is -2.55. The quantitative estimate of drug-likeness (QED) is 0.0684. The zero-order chi connectivity index (χ0) is 46.9. The van der Waals surface area contributed by atoms with Gasteiger partial charge in [0.1, 0.15) is 23.3 Å². The van der Waals surface area contributed by atoms with Crippen LogP contribution in [0.2, 0.25) is 0 Å². The molecule has 0 spiro atoms. The molecule has 9 nitrogen and oxygen atoms in total. The van der Waals surface area contributed by atoms with Gasteiger partial charge in [-0.3, -0.25) is 25.0 Å². The lowest BCUT2D eigenvalue weighted by atomic mass is 9.79. The lowest BCUT2D eigenvalue weighted by molar-refractivity contribution is -0.160. The molecular weight excluding hydrogens is 825 g/mol. The molecular formula is C57H60N2O7. The van der Waals surface area contributed by atoms with Crippen molar-refractivity contribution in [2.45, 2.75) is 101 Å². The van der Waals surface area contributed by atoms with Gasteiger partial charge in [0, 0.05) is 0 Å². The Morgan fingerprint density at radius 1 is 0.485 bits per heavy atom. The number of fused-ring (bicyclic) bond motifs is 6. The highest BCUT2D eigenvalue weighted by Gasteiger charge is 2.50. The van der Waals surface area contributed by atoms with Crippen LogP contribution in [-0.4, -0.2) is 59.5 Å². The summed E-state index contributed by atoms with van der Waals surface area (Å²) in [5.41, 5.74) is 6.04. The molecule has 66 heavy (non-hydrogen) atoms. The van der Waals surface area contributed by atoms with Gasteiger partial charge in [-0.25, -0.2) is 0 Å². The molecule has 4 atom stereocenters. The minimum atomic E-state index is -1.36. The molecule has 340 valence electrons. The van der Waals surface area contributed by atoms with Crippen molar-refractivity contribution in [1.82, 2.24) is 10.6 Å². The second-order valence-corrected chi connectivity index (χ2v) is 19.4. The van der Waals surface area contributed by atoms with E-state index in [4.69, 9.17) is 14.2 Å². The van der Waals surface area contributed by atoms with Crippen LogP contribution in [-0.2, 0) is 39.7 Å². The maximum absolute atomic E-state index is 14.7. The van der Waals surface area contributed by atoms with E-state index in [-0.39, 0.29) is 19.3 Å². The zero-order valence-corrected chi connectivity index (χ0v) is 38.8. The predicted octanol–water partition coefficient (Wildman–Crippen LogP) is 9.85. The molecule has 0 bridgehead atoms. The number of esters is 3. The van der Waals surface area contributed by atoms with Gasteiger partial charge in [-0.15, -0.1) is 0 Å². The smallest absolute Gasteiger partial charge is 0.323 e. The van der Waals surface area contributed by atoms with Gasteiger partial charge < -0.3 is 19.3 Å². The van der Waals surface area contributed by atoms with Crippen molar-refractivity contribution in [3.8, 4) is 22.3 Å². The van der Waals surface area contributed by atoms with Crippen LogP contribution in [0.3, 0.4) is 0 Å². The number of ether oxygens (including phenoxy) is 3. The zero-order valence-electron chi connectivity index (χ0n) is 38.8. The molecule has 0 fully saturated rings. The number of hydrogen-bond donors (Lipinski definition) is 3. The first-order chi connectivity index (χ1) is 31.6. The van der Waals surface area contributed by atoms with Crippen LogP contribution in [0.4, 0.5) is 0 Å². The van der Waals surface area contributed by atoms with E-state index in [1.807, 2.05) is 130 Å². The number of aliphatic hydroxyl groups excluding tert-OH is 1. The molecule has 0 saturated carbocycles. The third-order valence-electron chi connectivity index (χ3n) is 12.7. The van der Waals surface area contributed by atoms with Gasteiger partial charge >= 0.3 is 17.9 Å². The summed E-state index contributed by atoms with van der Waals surface area (Å²) in [5.74, 6) is -2.99. The minimum absolute atomic E-state index is 0.0264. The molecule has 6 aromatic carbocycles. The molecule has 2 unspecified atom stereocenters. The summed E-state index contributed by atoms with van der Waals surface area (Å²) in [6.07, 6.45) is -1.49. The number of nitrogens with one attached hydrogen (secondary N) is 2. The Morgan fingerprint density at radius 3 is 1.18 bits per heavy atom. The average molecular weight is 885 g/mol. The van der Waals surface area contributed by atoms with Crippen LogP contribution in [0.1, 0.15) is 94.2 Å². The van der Waals surface area contributed by atoms with Gasteiger partial charge in [0.2, 0.25) is 0 Å². The number of carbonyl (C=O) groups is 3. The fourth-order valence-electron chi connectivity index (χ4n) is 10.0. The number of hydrogen-bond acceptors (Lipinski definition) is 9. The van der Waals surface area contributed by atoms with Gasteiger partial charge in [-0.05, 0) is 116 Å². The molecule has 0 saturated heterocycles. The third-order valence-corrected chi connectivity index (χ3v) is 12.7. The van der Waals surface area contributed by atoms with Gasteiger partial charge in [-0.1, -0.05) is 158 Å². The largest absolute Gasteiger partial charge is 0.469 e. The van der Waals surface area contributed by atoms with Crippen molar-refractivity contribution >= 4 is 17.9 Å². The van der Waals surface area contributed by atoms with E-state index < -0.39 is 64.3 Å². The van der Waals surface area contributed by atoms with Crippen LogP contribution in [0, 0.1) is 5.92 Å². The van der Waals surface area contributed by atoms with Crippen LogP contribution < -0.4 is 10.6 Å². The van der Waals surface area contributed by atoms with Crippen LogP contribution >= 0.6 is 0 Å². The van der Waals surface area contributed by atoms with Crippen molar-refractivity contribution < 1.29 is 33.7 Å². The van der Waals surface area contributed by atoms with E-state index >= 15 is 0 Å². The summed E-state index contributed by atoms with van der Waals surface area (Å²) in [7, 11) is 1.27. The van der Waals surface area contributed by atoms with Crippen molar-refractivity contribution in [3.63, 3.8) is 0 Å². The lowest BCUT2D eigenvalue weighted by Gasteiger charge is -2.39. The molecule has 2 aliphatic rings. The van der Waals surface area contributed by atoms with E-state index in [0.717, 1.165) is 55.6 Å². The number of methoxy groups -OCH3 is 1. The second-order valence-electron chi connectivity index (χ2n) is 19.4. The predicted molar refractivity (Wildman–Crippen MR) is 257 cm³/mol. The summed E-state index contributed by atoms with van der Waals surface area (Å²) >= 11 is 0. The van der Waals surface area contributed by atoms with Crippen LogP contribution in [0.15, 0.2) is 158 Å². The molecule has 9 heteroatoms. The third kappa shape index (κ3) is 8.83. The molecule has 3 N–H and O–H groups in total. The SMILES string of the molecule is COC(=O)C(C[C@H](NC1(c2ccccc2)c2ccccc2-c2ccccc21)C(=O)OC(C)(C)C)C(O)CC[C@H](NC1(c2ccccc2)c2ccccc2-c2ccccc21)C(=O)OC(C)(C)C. The van der Waals surface area contributed by atoms with Gasteiger partial charge in [0.05, 0.1) is 30.2 Å². The Hall–Kier alpha value is -6.39. The highest BCUT2D eigenvalue weighted by Crippen LogP contribution is 2.53. The van der Waals surface area contributed by atoms with Crippen molar-refractivity contribution in [2.24, 2.45) is 5.92 Å². The molecule has 8 rings (SSSR count). The highest BCUT2D eigenvalue weighted by atomic mass is 16.6. The topological polar surface area (TPSA) is 123 Å². The average Bonchev–Trinajstić information content (AvgIpc) is 3.76. The standard InChI is InChI=1S/C57H60N2O7/c1-54(2,3)65-52(62)48(58-56(37-22-10-8-11-23-37)44-30-18-14-26-39(44)40-27-15-19-31-45(40)56)34-35-50(60)43(51(61)64-7)36-49(53(63)66-55(4,5)6)59-57(38-24-12-9-13-25-38)46-32-20-16-28-41(46)42-29-17-21-33-47(42)57/h8-33,43,48-50,58-60H,34-36H2,1-7H3/t43?,48-,49-,50?/m0/s1. The fraction of sp³-hybridized carbons (Fsp3) is 0.316. The second kappa shape index (κ2) is 18.5. The summed E-state index contributed by atoms with van der Waals surface area (Å²) in [6, 6.07) is 50.4. The summed E-state index contributed by atoms with van der Waals surface area (Å²) in [5, 5.41) is 20.0. The molecule has 0 aliphatic heterocycles. The van der Waals surface area contributed by atoms with Gasteiger partial charge in [0.15, 0.2) is 0 Å². The monoisotopic (exact) mass is 884 g/mol. The van der Waals surface area contributed by atoms with Crippen molar-refractivity contribution in [1.29, 1.82) is 0 Å². The summed E-state index contributed by atoms with van der Waals surface area (Å²) in [6.45, 7) is 10.9. The number of rotatable bonds is 15. The van der Waals surface area contributed by atoms with E-state index in [2.05, 4.69) is 59.2 Å². The Morgan fingerprint density at radius 2 is 0.818 bits per heavy atom. The van der Waals surface area contributed by atoms with E-state index in [1.54, 1.807) is 20.8 Å². The first-order valence-electron chi connectivity index (χ1n) is 22.8. The molecule has 6 aromatic rings. The van der Waals surface area contributed by atoms with Crippen LogP contribution in [0.25, 0.3) is 22.3 Å². The van der Waals surface area contributed by atoms with Crippen molar-refractivity contribution in [3.05, 3.63) is 191 Å². The van der Waals surface area contributed by atoms with Crippen LogP contribution in [0.5, 0.6) is 0 Å². The van der Waals surface area contributed by atoms with Gasteiger partial charge in [-0.2, -0.15) is 0 Å². The first-order valence-corrected chi connectivity index (χ1v) is 22.8. The Kier molecular flexibility index (Phi) is 12.9. The normalized spacial score (nSPS) is 16.1. The Labute approximate surface area is 388 Å². The summed E-state index contributed by atoms with van der Waals surface area (Å²) < 4.78 is 17.6. The molecule has 0 heterocycles. The Bertz CT molecular complexity index is 2610. The molecule has 0 amide bonds. The van der Waals surface area contributed by atoms with Crippen molar-refractivity contribution in [2.75, 3.05) is 7.11 Å². The first kappa shape index (κ1) is 46.2. The number of benzene rings is 6. The van der Waals surface area contributed by atoms with Gasteiger partial charge in [0.25, 0.3) is 0 Å². The molecule has 0 aromatic heterocycles. The highest BCUT2D eigenvalue weighted by molar-refractivity contribution is 5.86.